The van der Waals surface area contributed by atoms with E-state index < -0.39 is 0 Å². The third-order valence-corrected chi connectivity index (χ3v) is 1.22. The van der Waals surface area contributed by atoms with Gasteiger partial charge in [-0.15, -0.1) is 5.10 Å². The molecule has 0 unspecified atom stereocenters. The van der Waals surface area contributed by atoms with Gasteiger partial charge in [0.2, 0.25) is 11.9 Å². The van der Waals surface area contributed by atoms with E-state index in [0.717, 1.165) is 6.54 Å². The lowest BCUT2D eigenvalue weighted by Crippen LogP contribution is -2.02. The molecule has 0 fully saturated rings. The normalized spacial score (nSPS) is 9.80. The Hall–Kier alpha value is -1.26. The van der Waals surface area contributed by atoms with Crippen LogP contribution < -0.4 is 11.1 Å². The maximum Gasteiger partial charge on any atom is 0.243 e. The standard InChI is InChI=1S/C5H11N5/c1-3-10-4(6)8-5(7-2)9-10/h3H2,1-2H3,(H3,6,7,8,9). The van der Waals surface area contributed by atoms with Crippen LogP contribution in [0.1, 0.15) is 6.92 Å². The van der Waals surface area contributed by atoms with Crippen LogP contribution in [0.5, 0.6) is 0 Å². The summed E-state index contributed by atoms with van der Waals surface area (Å²) < 4.78 is 1.63. The Morgan fingerprint density at radius 2 is 2.40 bits per heavy atom. The van der Waals surface area contributed by atoms with Crippen molar-refractivity contribution in [1.29, 1.82) is 0 Å². The van der Waals surface area contributed by atoms with E-state index in [-0.39, 0.29) is 0 Å². The maximum atomic E-state index is 5.48. The minimum absolute atomic E-state index is 0.451. The fourth-order valence-corrected chi connectivity index (χ4v) is 0.693. The molecular weight excluding hydrogens is 130 g/mol. The molecule has 1 rings (SSSR count). The minimum Gasteiger partial charge on any atom is -0.368 e. The second kappa shape index (κ2) is 2.55. The molecule has 1 aromatic heterocycles. The molecule has 0 saturated heterocycles. The van der Waals surface area contributed by atoms with Crippen molar-refractivity contribution in [3.63, 3.8) is 0 Å². The van der Waals surface area contributed by atoms with Gasteiger partial charge >= 0.3 is 0 Å². The highest BCUT2D eigenvalue weighted by Gasteiger charge is 2.00. The van der Waals surface area contributed by atoms with E-state index in [1.54, 1.807) is 11.7 Å². The number of aryl methyl sites for hydroxylation is 1. The largest absolute Gasteiger partial charge is 0.368 e. The Balaban J connectivity index is 2.92. The number of rotatable bonds is 2. The van der Waals surface area contributed by atoms with Gasteiger partial charge in [-0.05, 0) is 6.92 Å². The Morgan fingerprint density at radius 1 is 1.70 bits per heavy atom. The highest BCUT2D eigenvalue weighted by atomic mass is 15.4. The van der Waals surface area contributed by atoms with Gasteiger partial charge in [0.15, 0.2) is 0 Å². The maximum absolute atomic E-state index is 5.48. The predicted octanol–water partition coefficient (Wildman–Crippen LogP) is -0.0781. The van der Waals surface area contributed by atoms with Gasteiger partial charge in [-0.1, -0.05) is 0 Å². The third-order valence-electron chi connectivity index (χ3n) is 1.22. The van der Waals surface area contributed by atoms with Gasteiger partial charge in [0.25, 0.3) is 0 Å². The van der Waals surface area contributed by atoms with Crippen LogP contribution in [-0.4, -0.2) is 21.8 Å². The zero-order chi connectivity index (χ0) is 7.56. The van der Waals surface area contributed by atoms with Gasteiger partial charge in [0, 0.05) is 13.6 Å². The highest BCUT2D eigenvalue weighted by molar-refractivity contribution is 5.30. The van der Waals surface area contributed by atoms with Gasteiger partial charge in [-0.2, -0.15) is 4.98 Å². The molecule has 3 N–H and O–H groups in total. The van der Waals surface area contributed by atoms with Gasteiger partial charge < -0.3 is 11.1 Å². The average molecular weight is 141 g/mol. The molecule has 10 heavy (non-hydrogen) atoms. The Morgan fingerprint density at radius 3 is 2.70 bits per heavy atom. The zero-order valence-corrected chi connectivity index (χ0v) is 6.13. The van der Waals surface area contributed by atoms with Gasteiger partial charge in [0.1, 0.15) is 0 Å². The number of nitrogens with one attached hydrogen (secondary N) is 1. The molecule has 5 nitrogen and oxygen atoms in total. The zero-order valence-electron chi connectivity index (χ0n) is 6.13. The van der Waals surface area contributed by atoms with Crippen LogP contribution in [-0.2, 0) is 6.54 Å². The molecule has 0 atom stereocenters. The number of aromatic nitrogens is 3. The summed E-state index contributed by atoms with van der Waals surface area (Å²) in [5.74, 6) is 1.02. The first kappa shape index (κ1) is 6.85. The second-order valence-corrected chi connectivity index (χ2v) is 1.86. The van der Waals surface area contributed by atoms with E-state index in [1.807, 2.05) is 6.92 Å². The lowest BCUT2D eigenvalue weighted by atomic mass is 10.8. The van der Waals surface area contributed by atoms with Crippen molar-refractivity contribution < 1.29 is 0 Å². The fourth-order valence-electron chi connectivity index (χ4n) is 0.693. The first-order valence-corrected chi connectivity index (χ1v) is 3.16. The Labute approximate surface area is 59.2 Å². The van der Waals surface area contributed by atoms with Crippen molar-refractivity contribution in [2.75, 3.05) is 18.1 Å². The lowest BCUT2D eigenvalue weighted by Gasteiger charge is -1.92. The second-order valence-electron chi connectivity index (χ2n) is 1.86. The van der Waals surface area contributed by atoms with Crippen molar-refractivity contribution in [3.8, 4) is 0 Å². The molecule has 0 aromatic carbocycles. The highest BCUT2D eigenvalue weighted by Crippen LogP contribution is 2.02. The van der Waals surface area contributed by atoms with E-state index >= 15 is 0 Å². The summed E-state index contributed by atoms with van der Waals surface area (Å²) in [6.45, 7) is 2.71. The molecule has 0 aliphatic carbocycles. The van der Waals surface area contributed by atoms with Crippen molar-refractivity contribution in [1.82, 2.24) is 14.8 Å². The van der Waals surface area contributed by atoms with E-state index in [2.05, 4.69) is 15.4 Å². The molecule has 1 aromatic rings. The number of hydrogen-bond acceptors (Lipinski definition) is 4. The molecule has 1 heterocycles. The third kappa shape index (κ3) is 1.02. The Kier molecular flexibility index (Phi) is 1.75. The summed E-state index contributed by atoms with van der Waals surface area (Å²) in [5, 5.41) is 6.82. The molecule has 56 valence electrons. The average Bonchev–Trinajstić information content (AvgIpc) is 2.30. The summed E-state index contributed by atoms with van der Waals surface area (Å²) in [5.41, 5.74) is 5.48. The quantitative estimate of drug-likeness (QED) is 0.604. The number of nitrogen functional groups attached to an aromatic ring is 1. The first-order chi connectivity index (χ1) is 4.77. The fraction of sp³-hybridized carbons (Fsp3) is 0.600. The number of nitrogens with two attached hydrogens (primary N) is 1. The molecule has 0 amide bonds. The Bertz CT molecular complexity index is 216. The van der Waals surface area contributed by atoms with Crippen molar-refractivity contribution in [2.45, 2.75) is 13.5 Å². The summed E-state index contributed by atoms with van der Waals surface area (Å²) >= 11 is 0. The monoisotopic (exact) mass is 141 g/mol. The van der Waals surface area contributed by atoms with Crippen LogP contribution in [0.4, 0.5) is 11.9 Å². The van der Waals surface area contributed by atoms with Crippen molar-refractivity contribution >= 4 is 11.9 Å². The van der Waals surface area contributed by atoms with Crippen molar-refractivity contribution in [3.05, 3.63) is 0 Å². The van der Waals surface area contributed by atoms with Crippen LogP contribution >= 0.6 is 0 Å². The summed E-state index contributed by atoms with van der Waals surface area (Å²) in [6.07, 6.45) is 0. The van der Waals surface area contributed by atoms with E-state index in [1.165, 1.54) is 0 Å². The molecule has 0 bridgehead atoms. The summed E-state index contributed by atoms with van der Waals surface area (Å²) in [4.78, 5) is 3.92. The number of anilines is 2. The van der Waals surface area contributed by atoms with Gasteiger partial charge in [-0.3, -0.25) is 0 Å². The van der Waals surface area contributed by atoms with Crippen LogP contribution in [0.2, 0.25) is 0 Å². The molecule has 0 aliphatic heterocycles. The van der Waals surface area contributed by atoms with Crippen LogP contribution in [0.15, 0.2) is 0 Å². The SMILES string of the molecule is CCn1nc(NC)nc1N. The van der Waals surface area contributed by atoms with Gasteiger partial charge in [0.05, 0.1) is 0 Å². The van der Waals surface area contributed by atoms with Gasteiger partial charge in [-0.25, -0.2) is 4.68 Å². The minimum atomic E-state index is 0.451. The molecule has 0 spiro atoms. The summed E-state index contributed by atoms with van der Waals surface area (Å²) in [6, 6.07) is 0. The number of hydrogen-bond donors (Lipinski definition) is 2. The van der Waals surface area contributed by atoms with Crippen LogP contribution in [0.25, 0.3) is 0 Å². The lowest BCUT2D eigenvalue weighted by molar-refractivity contribution is 0.671. The molecule has 0 saturated carbocycles. The van der Waals surface area contributed by atoms with E-state index in [4.69, 9.17) is 5.73 Å². The smallest absolute Gasteiger partial charge is 0.243 e. The van der Waals surface area contributed by atoms with E-state index in [9.17, 15) is 0 Å². The molecule has 0 radical (unpaired) electrons. The van der Waals surface area contributed by atoms with Crippen molar-refractivity contribution in [2.24, 2.45) is 0 Å². The topological polar surface area (TPSA) is 68.8 Å². The molecule has 0 aliphatic rings. The molecular formula is C5H11N5. The predicted molar refractivity (Wildman–Crippen MR) is 39.7 cm³/mol. The first-order valence-electron chi connectivity index (χ1n) is 3.16. The molecule has 5 heteroatoms. The number of nitrogens with zero attached hydrogens (tertiary/aromatic N) is 3. The summed E-state index contributed by atoms with van der Waals surface area (Å²) in [7, 11) is 1.76. The van der Waals surface area contributed by atoms with E-state index in [0.29, 0.717) is 11.9 Å². The van der Waals surface area contributed by atoms with Crippen LogP contribution in [0.3, 0.4) is 0 Å². The van der Waals surface area contributed by atoms with Crippen LogP contribution in [0, 0.1) is 0 Å².